The molecule has 0 spiro atoms. The van der Waals surface area contributed by atoms with Gasteiger partial charge in [-0.1, -0.05) is 23.7 Å². The number of carboxylic acids is 1. The van der Waals surface area contributed by atoms with Crippen LogP contribution >= 0.6 is 11.6 Å². The number of piperidine rings is 1. The fraction of sp³-hybridized carbons (Fsp3) is 0.522. The van der Waals surface area contributed by atoms with Crippen LogP contribution in [0.1, 0.15) is 25.3 Å². The number of aromatic nitrogens is 2. The van der Waals surface area contributed by atoms with Gasteiger partial charge in [0.1, 0.15) is 12.1 Å². The summed E-state index contributed by atoms with van der Waals surface area (Å²) in [7, 11) is 0. The first kappa shape index (κ1) is 27.1. The molecule has 12 heteroatoms. The molecule has 2 aliphatic heterocycles. The standard InChI is InChI=1S/C21H26ClFN4O.C2HF3O2/c1-15-12-27(19(13-28-15)10-16-2-4-17(22)5-3-16)18-6-8-26(9-7-18)21-11-20(23)24-14-25-21;3-2(4,5)1(6)7/h2-5,11,14-15,18-19H,6-10,12-13H2,1H3;(H,6,7)/t15-,19-;/m0./s1. The third-order valence-electron chi connectivity index (χ3n) is 6.01. The Balaban J connectivity index is 0.000000429. The number of hydrogen-bond acceptors (Lipinski definition) is 6. The van der Waals surface area contributed by atoms with E-state index >= 15 is 0 Å². The van der Waals surface area contributed by atoms with Crippen LogP contribution < -0.4 is 4.90 Å². The second kappa shape index (κ2) is 12.0. The van der Waals surface area contributed by atoms with E-state index < -0.39 is 18.1 Å². The Morgan fingerprint density at radius 3 is 2.40 bits per heavy atom. The molecule has 35 heavy (non-hydrogen) atoms. The van der Waals surface area contributed by atoms with Gasteiger partial charge in [0.2, 0.25) is 5.95 Å². The van der Waals surface area contributed by atoms with Crippen molar-refractivity contribution in [3.05, 3.63) is 53.2 Å². The summed E-state index contributed by atoms with van der Waals surface area (Å²) < 4.78 is 51.1. The average Bonchev–Trinajstić information content (AvgIpc) is 2.81. The zero-order valence-electron chi connectivity index (χ0n) is 19.1. The van der Waals surface area contributed by atoms with Gasteiger partial charge in [-0.2, -0.15) is 17.6 Å². The lowest BCUT2D eigenvalue weighted by Gasteiger charge is -2.46. The first-order chi connectivity index (χ1) is 16.5. The van der Waals surface area contributed by atoms with Crippen molar-refractivity contribution < 1.29 is 32.2 Å². The predicted molar refractivity (Wildman–Crippen MR) is 122 cm³/mol. The van der Waals surface area contributed by atoms with E-state index in [4.69, 9.17) is 26.2 Å². The number of carbonyl (C=O) groups is 1. The highest BCUT2D eigenvalue weighted by atomic mass is 35.5. The van der Waals surface area contributed by atoms with Gasteiger partial charge in [0.25, 0.3) is 0 Å². The minimum absolute atomic E-state index is 0.246. The van der Waals surface area contributed by atoms with Crippen LogP contribution in [0.25, 0.3) is 0 Å². The molecule has 0 unspecified atom stereocenters. The van der Waals surface area contributed by atoms with Gasteiger partial charge >= 0.3 is 12.1 Å². The molecule has 1 N–H and O–H groups in total. The highest BCUT2D eigenvalue weighted by molar-refractivity contribution is 6.30. The van der Waals surface area contributed by atoms with Crippen LogP contribution in [-0.2, 0) is 16.0 Å². The van der Waals surface area contributed by atoms with E-state index in [1.165, 1.54) is 18.0 Å². The molecule has 2 aliphatic rings. The molecule has 4 rings (SSSR count). The molecule has 0 amide bonds. The normalized spacial score (nSPS) is 21.8. The Hall–Kier alpha value is -2.50. The molecule has 0 aliphatic carbocycles. The van der Waals surface area contributed by atoms with Crippen LogP contribution in [0.2, 0.25) is 5.02 Å². The number of anilines is 1. The fourth-order valence-corrected chi connectivity index (χ4v) is 4.44. The van der Waals surface area contributed by atoms with Crippen molar-refractivity contribution in [1.29, 1.82) is 0 Å². The smallest absolute Gasteiger partial charge is 0.475 e. The van der Waals surface area contributed by atoms with Gasteiger partial charge in [0.15, 0.2) is 0 Å². The Bertz CT molecular complexity index is 972. The van der Waals surface area contributed by atoms with Crippen molar-refractivity contribution in [2.75, 3.05) is 31.1 Å². The van der Waals surface area contributed by atoms with Crippen LogP contribution in [0, 0.1) is 5.95 Å². The number of halogens is 5. The van der Waals surface area contributed by atoms with Crippen molar-refractivity contribution in [2.24, 2.45) is 0 Å². The average molecular weight is 519 g/mol. The Morgan fingerprint density at radius 1 is 1.20 bits per heavy atom. The SMILES string of the molecule is C[C@H]1CN(C2CCN(c3cc(F)ncn3)CC2)[C@@H](Cc2ccc(Cl)cc2)CO1.O=C(O)C(F)(F)F. The second-order valence-electron chi connectivity index (χ2n) is 8.55. The summed E-state index contributed by atoms with van der Waals surface area (Å²) >= 11 is 6.03. The molecule has 1 aromatic carbocycles. The first-order valence-electron chi connectivity index (χ1n) is 11.2. The third-order valence-corrected chi connectivity index (χ3v) is 6.27. The lowest BCUT2D eigenvalue weighted by Crippen LogP contribution is -2.56. The number of alkyl halides is 3. The van der Waals surface area contributed by atoms with E-state index in [0.29, 0.717) is 17.9 Å². The van der Waals surface area contributed by atoms with Gasteiger partial charge in [-0.25, -0.2) is 14.8 Å². The molecule has 0 bridgehead atoms. The van der Waals surface area contributed by atoms with Crippen LogP contribution in [0.4, 0.5) is 23.4 Å². The van der Waals surface area contributed by atoms with Crippen molar-refractivity contribution in [2.45, 2.75) is 50.6 Å². The molecule has 192 valence electrons. The summed E-state index contributed by atoms with van der Waals surface area (Å²) in [5.74, 6) is -2.55. The summed E-state index contributed by atoms with van der Waals surface area (Å²) in [6.45, 7) is 5.59. The Morgan fingerprint density at radius 2 is 1.83 bits per heavy atom. The number of rotatable bonds is 4. The molecule has 3 heterocycles. The zero-order chi connectivity index (χ0) is 25.6. The van der Waals surface area contributed by atoms with E-state index in [1.807, 2.05) is 12.1 Å². The molecule has 1 aromatic heterocycles. The van der Waals surface area contributed by atoms with Crippen LogP contribution in [0.15, 0.2) is 36.7 Å². The molecule has 2 saturated heterocycles. The van der Waals surface area contributed by atoms with Crippen LogP contribution in [0.5, 0.6) is 0 Å². The number of morpholine rings is 1. The zero-order valence-corrected chi connectivity index (χ0v) is 19.8. The second-order valence-corrected chi connectivity index (χ2v) is 8.98. The van der Waals surface area contributed by atoms with Gasteiger partial charge in [-0.05, 0) is 43.9 Å². The Kier molecular flexibility index (Phi) is 9.26. The minimum Gasteiger partial charge on any atom is -0.475 e. The summed E-state index contributed by atoms with van der Waals surface area (Å²) in [6.07, 6.45) is -0.509. The van der Waals surface area contributed by atoms with E-state index in [1.54, 1.807) is 0 Å². The lowest BCUT2D eigenvalue weighted by molar-refractivity contribution is -0.192. The third kappa shape index (κ3) is 8.01. The van der Waals surface area contributed by atoms with Crippen molar-refractivity contribution >= 4 is 23.4 Å². The maximum Gasteiger partial charge on any atom is 0.490 e. The van der Waals surface area contributed by atoms with Gasteiger partial charge in [0, 0.05) is 42.8 Å². The molecule has 7 nitrogen and oxygen atoms in total. The molecule has 0 saturated carbocycles. The van der Waals surface area contributed by atoms with Crippen molar-refractivity contribution in [3.8, 4) is 0 Å². The fourth-order valence-electron chi connectivity index (χ4n) is 4.31. The largest absolute Gasteiger partial charge is 0.490 e. The van der Waals surface area contributed by atoms with Crippen molar-refractivity contribution in [3.63, 3.8) is 0 Å². The van der Waals surface area contributed by atoms with Crippen LogP contribution in [0.3, 0.4) is 0 Å². The highest BCUT2D eigenvalue weighted by Crippen LogP contribution is 2.27. The van der Waals surface area contributed by atoms with Crippen molar-refractivity contribution in [1.82, 2.24) is 14.9 Å². The molecule has 2 fully saturated rings. The predicted octanol–water partition coefficient (Wildman–Crippen LogP) is 4.20. The summed E-state index contributed by atoms with van der Waals surface area (Å²) in [5, 5.41) is 7.89. The number of hydrogen-bond donors (Lipinski definition) is 1. The molecule has 2 aromatic rings. The molecular formula is C23H27ClF4N4O3. The van der Waals surface area contributed by atoms with Gasteiger partial charge in [-0.3, -0.25) is 4.90 Å². The van der Waals surface area contributed by atoms with E-state index in [-0.39, 0.29) is 6.10 Å². The maximum atomic E-state index is 13.4. The molecular weight excluding hydrogens is 492 g/mol. The summed E-state index contributed by atoms with van der Waals surface area (Å²) in [6, 6.07) is 10.4. The van der Waals surface area contributed by atoms with E-state index in [9.17, 15) is 17.6 Å². The highest BCUT2D eigenvalue weighted by Gasteiger charge is 2.38. The minimum atomic E-state index is -5.08. The quantitative estimate of drug-likeness (QED) is 0.480. The number of ether oxygens (including phenoxy) is 1. The number of carboxylic acid groups (broad SMARTS) is 1. The lowest BCUT2D eigenvalue weighted by atomic mass is 9.96. The topological polar surface area (TPSA) is 78.8 Å². The summed E-state index contributed by atoms with van der Waals surface area (Å²) in [5.41, 5.74) is 1.28. The molecule has 0 radical (unpaired) electrons. The van der Waals surface area contributed by atoms with E-state index in [2.05, 4.69) is 38.8 Å². The number of benzene rings is 1. The maximum absolute atomic E-state index is 13.4. The van der Waals surface area contributed by atoms with E-state index in [0.717, 1.165) is 50.5 Å². The van der Waals surface area contributed by atoms with Gasteiger partial charge < -0.3 is 14.7 Å². The van der Waals surface area contributed by atoms with Gasteiger partial charge in [-0.15, -0.1) is 0 Å². The van der Waals surface area contributed by atoms with Gasteiger partial charge in [0.05, 0.1) is 12.7 Å². The monoisotopic (exact) mass is 518 g/mol. The number of aliphatic carboxylic acids is 1. The Labute approximate surface area is 205 Å². The first-order valence-corrected chi connectivity index (χ1v) is 11.5. The number of nitrogens with zero attached hydrogens (tertiary/aromatic N) is 4. The summed E-state index contributed by atoms with van der Waals surface area (Å²) in [4.78, 5) is 21.4. The van der Waals surface area contributed by atoms with Crippen LogP contribution in [-0.4, -0.2) is 76.5 Å². The molecule has 2 atom stereocenters.